The van der Waals surface area contributed by atoms with Gasteiger partial charge in [0.2, 0.25) is 0 Å². The molecule has 0 bridgehead atoms. The predicted octanol–water partition coefficient (Wildman–Crippen LogP) is 6.32. The fourth-order valence-electron chi connectivity index (χ4n) is 3.36. The van der Waals surface area contributed by atoms with Crippen molar-refractivity contribution in [2.75, 3.05) is 23.3 Å². The van der Waals surface area contributed by atoms with Crippen LogP contribution < -0.4 is 20.3 Å². The number of nitrogens with zero attached hydrogens (tertiary/aromatic N) is 1. The maximum atomic E-state index is 13.2. The lowest BCUT2D eigenvalue weighted by molar-refractivity contribution is 0.0958. The highest BCUT2D eigenvalue weighted by Crippen LogP contribution is 2.25. The van der Waals surface area contributed by atoms with Crippen LogP contribution in [0, 0.1) is 6.92 Å². The van der Waals surface area contributed by atoms with E-state index in [0.29, 0.717) is 35.1 Å². The van der Waals surface area contributed by atoms with Crippen molar-refractivity contribution in [3.63, 3.8) is 0 Å². The summed E-state index contributed by atoms with van der Waals surface area (Å²) in [4.78, 5) is 27.7. The second-order valence-electron chi connectivity index (χ2n) is 7.59. The number of aryl methyl sites for hydroxylation is 1. The Labute approximate surface area is 202 Å². The van der Waals surface area contributed by atoms with Crippen molar-refractivity contribution in [2.45, 2.75) is 6.92 Å². The highest BCUT2D eigenvalue weighted by atomic mass is 32.1. The second kappa shape index (κ2) is 11.2. The zero-order valence-electron chi connectivity index (χ0n) is 18.7. The molecule has 6 nitrogen and oxygen atoms in total. The number of rotatable bonds is 8. The molecule has 3 aromatic carbocycles. The van der Waals surface area contributed by atoms with Gasteiger partial charge in [0, 0.05) is 24.5 Å². The Balaban J connectivity index is 1.47. The monoisotopic (exact) mass is 471 g/mol. The van der Waals surface area contributed by atoms with Gasteiger partial charge in [-0.25, -0.2) is 4.79 Å². The summed E-state index contributed by atoms with van der Waals surface area (Å²) in [6, 6.07) is 27.7. The summed E-state index contributed by atoms with van der Waals surface area (Å²) in [5, 5.41) is 7.69. The van der Waals surface area contributed by atoms with Crippen LogP contribution in [0.2, 0.25) is 0 Å². The van der Waals surface area contributed by atoms with E-state index in [1.54, 1.807) is 11.0 Å². The molecule has 2 N–H and O–H groups in total. The van der Waals surface area contributed by atoms with Gasteiger partial charge in [-0.1, -0.05) is 36.4 Å². The summed E-state index contributed by atoms with van der Waals surface area (Å²) < 4.78 is 5.86. The molecule has 0 saturated carbocycles. The van der Waals surface area contributed by atoms with Crippen LogP contribution in [-0.2, 0) is 0 Å². The molecule has 0 radical (unpaired) electrons. The van der Waals surface area contributed by atoms with Crippen LogP contribution in [0.25, 0.3) is 0 Å². The first-order chi connectivity index (χ1) is 16.6. The normalized spacial score (nSPS) is 10.4. The van der Waals surface area contributed by atoms with Crippen molar-refractivity contribution >= 4 is 34.6 Å². The van der Waals surface area contributed by atoms with E-state index < -0.39 is 0 Å². The van der Waals surface area contributed by atoms with Crippen LogP contribution in [0.3, 0.4) is 0 Å². The van der Waals surface area contributed by atoms with E-state index in [2.05, 4.69) is 10.6 Å². The van der Waals surface area contributed by atoms with Gasteiger partial charge in [0.25, 0.3) is 5.91 Å². The summed E-state index contributed by atoms with van der Waals surface area (Å²) in [7, 11) is 0. The van der Waals surface area contributed by atoms with Gasteiger partial charge in [-0.2, -0.15) is 0 Å². The third kappa shape index (κ3) is 6.24. The van der Waals surface area contributed by atoms with E-state index in [9.17, 15) is 9.59 Å². The van der Waals surface area contributed by atoms with E-state index in [0.717, 1.165) is 11.3 Å². The number of anilines is 2. The zero-order valence-corrected chi connectivity index (χ0v) is 19.5. The van der Waals surface area contributed by atoms with Gasteiger partial charge in [0.1, 0.15) is 11.5 Å². The molecule has 3 amide bonds. The van der Waals surface area contributed by atoms with E-state index in [1.807, 2.05) is 97.2 Å². The Hall–Kier alpha value is -4.10. The van der Waals surface area contributed by atoms with Crippen LogP contribution in [0.4, 0.5) is 16.2 Å². The molecule has 0 unspecified atom stereocenters. The van der Waals surface area contributed by atoms with Gasteiger partial charge in [0.15, 0.2) is 0 Å². The molecule has 0 aliphatic carbocycles. The Kier molecular flexibility index (Phi) is 7.57. The molecule has 4 rings (SSSR count). The van der Waals surface area contributed by atoms with Crippen molar-refractivity contribution in [3.05, 3.63) is 107 Å². The standard InChI is InChI=1S/C27H25N3O3S/c1-20-7-5-8-21(19-20)29-27(32)30(17-16-28-26(31)25-11-6-18-34-25)22-12-14-24(15-13-22)33-23-9-3-2-4-10-23/h2-15,18-19H,16-17H2,1H3,(H,28,31)(H,29,32). The van der Waals surface area contributed by atoms with E-state index in [1.165, 1.54) is 11.3 Å². The van der Waals surface area contributed by atoms with Crippen molar-refractivity contribution in [2.24, 2.45) is 0 Å². The number of hydrogen-bond donors (Lipinski definition) is 2. The van der Waals surface area contributed by atoms with E-state index >= 15 is 0 Å². The number of thiophene rings is 1. The Morgan fingerprint density at radius 3 is 2.35 bits per heavy atom. The molecular weight excluding hydrogens is 446 g/mol. The SMILES string of the molecule is Cc1cccc(NC(=O)N(CCNC(=O)c2cccs2)c2ccc(Oc3ccccc3)cc2)c1. The number of amides is 3. The third-order valence-corrected chi connectivity index (χ3v) is 5.88. The average Bonchev–Trinajstić information content (AvgIpc) is 3.38. The van der Waals surface area contributed by atoms with Gasteiger partial charge >= 0.3 is 6.03 Å². The summed E-state index contributed by atoms with van der Waals surface area (Å²) in [5.74, 6) is 1.25. The van der Waals surface area contributed by atoms with Crippen molar-refractivity contribution in [1.29, 1.82) is 0 Å². The molecule has 0 aliphatic rings. The van der Waals surface area contributed by atoms with E-state index in [-0.39, 0.29) is 11.9 Å². The molecule has 1 heterocycles. The van der Waals surface area contributed by atoms with Crippen molar-refractivity contribution < 1.29 is 14.3 Å². The maximum absolute atomic E-state index is 13.2. The number of urea groups is 1. The Bertz CT molecular complexity index is 1230. The molecule has 4 aromatic rings. The maximum Gasteiger partial charge on any atom is 0.326 e. The molecule has 0 aliphatic heterocycles. The topological polar surface area (TPSA) is 70.7 Å². The van der Waals surface area contributed by atoms with Crippen LogP contribution in [0.1, 0.15) is 15.2 Å². The smallest absolute Gasteiger partial charge is 0.326 e. The predicted molar refractivity (Wildman–Crippen MR) is 137 cm³/mol. The van der Waals surface area contributed by atoms with Crippen LogP contribution in [-0.4, -0.2) is 25.0 Å². The average molecular weight is 472 g/mol. The lowest BCUT2D eigenvalue weighted by Crippen LogP contribution is -2.41. The molecule has 172 valence electrons. The van der Waals surface area contributed by atoms with Crippen molar-refractivity contribution in [1.82, 2.24) is 5.32 Å². The first-order valence-electron chi connectivity index (χ1n) is 10.9. The molecule has 34 heavy (non-hydrogen) atoms. The van der Waals surface area contributed by atoms with Crippen LogP contribution in [0.5, 0.6) is 11.5 Å². The fraction of sp³-hybridized carbons (Fsp3) is 0.111. The molecule has 0 atom stereocenters. The number of para-hydroxylation sites is 1. The Morgan fingerprint density at radius 2 is 1.65 bits per heavy atom. The summed E-state index contributed by atoms with van der Waals surface area (Å²) in [6.07, 6.45) is 0. The second-order valence-corrected chi connectivity index (χ2v) is 8.54. The summed E-state index contributed by atoms with van der Waals surface area (Å²) in [5.41, 5.74) is 2.45. The van der Waals surface area contributed by atoms with Crippen LogP contribution in [0.15, 0.2) is 96.4 Å². The quantitative estimate of drug-likeness (QED) is 0.316. The third-order valence-electron chi connectivity index (χ3n) is 5.01. The molecule has 0 fully saturated rings. The highest BCUT2D eigenvalue weighted by Gasteiger charge is 2.17. The zero-order chi connectivity index (χ0) is 23.8. The number of carbonyl (C=O) groups is 2. The minimum atomic E-state index is -0.285. The first-order valence-corrected chi connectivity index (χ1v) is 11.8. The van der Waals surface area contributed by atoms with Gasteiger partial charge in [-0.05, 0) is 72.5 Å². The number of ether oxygens (including phenoxy) is 1. The molecule has 7 heteroatoms. The molecule has 0 saturated heterocycles. The molecule has 0 spiro atoms. The number of nitrogens with one attached hydrogen (secondary N) is 2. The largest absolute Gasteiger partial charge is 0.457 e. The minimum absolute atomic E-state index is 0.152. The lowest BCUT2D eigenvalue weighted by atomic mass is 10.2. The highest BCUT2D eigenvalue weighted by molar-refractivity contribution is 7.12. The number of hydrogen-bond acceptors (Lipinski definition) is 4. The van der Waals surface area contributed by atoms with Gasteiger partial charge < -0.3 is 15.4 Å². The number of carbonyl (C=O) groups excluding carboxylic acids is 2. The lowest BCUT2D eigenvalue weighted by Gasteiger charge is -2.24. The van der Waals surface area contributed by atoms with Gasteiger partial charge in [0.05, 0.1) is 4.88 Å². The summed E-state index contributed by atoms with van der Waals surface area (Å²) >= 11 is 1.38. The van der Waals surface area contributed by atoms with Crippen LogP contribution >= 0.6 is 11.3 Å². The van der Waals surface area contributed by atoms with E-state index in [4.69, 9.17) is 4.74 Å². The Morgan fingerprint density at radius 1 is 0.882 bits per heavy atom. The van der Waals surface area contributed by atoms with Gasteiger partial charge in [-0.3, -0.25) is 9.69 Å². The molecular formula is C27H25N3O3S. The summed E-state index contributed by atoms with van der Waals surface area (Å²) in [6.45, 7) is 2.58. The van der Waals surface area contributed by atoms with Gasteiger partial charge in [-0.15, -0.1) is 11.3 Å². The van der Waals surface area contributed by atoms with Crippen molar-refractivity contribution in [3.8, 4) is 11.5 Å². The molecule has 1 aromatic heterocycles. The number of benzene rings is 3. The fourth-order valence-corrected chi connectivity index (χ4v) is 4.00. The minimum Gasteiger partial charge on any atom is -0.457 e. The first kappa shape index (κ1) is 23.1.